The molecule has 0 saturated heterocycles. The van der Waals surface area contributed by atoms with E-state index in [1.54, 1.807) is 18.5 Å². The van der Waals surface area contributed by atoms with Gasteiger partial charge in [0.05, 0.1) is 24.8 Å². The topological polar surface area (TPSA) is 72.3 Å². The number of aromatic nitrogens is 6. The van der Waals surface area contributed by atoms with Gasteiger partial charge in [0.15, 0.2) is 5.65 Å². The van der Waals surface area contributed by atoms with E-state index in [0.717, 1.165) is 28.6 Å². The summed E-state index contributed by atoms with van der Waals surface area (Å²) in [6.07, 6.45) is 6.07. The van der Waals surface area contributed by atoms with Crippen LogP contribution in [0.5, 0.6) is 0 Å². The zero-order chi connectivity index (χ0) is 19.3. The van der Waals surface area contributed by atoms with E-state index in [0.29, 0.717) is 30.0 Å². The molecular formula is C20H18F2N6. The van der Waals surface area contributed by atoms with Crippen molar-refractivity contribution < 1.29 is 8.78 Å². The van der Waals surface area contributed by atoms with Crippen LogP contribution >= 0.6 is 0 Å². The van der Waals surface area contributed by atoms with E-state index in [9.17, 15) is 8.78 Å². The number of hydrogen-bond acceptors (Lipinski definition) is 4. The van der Waals surface area contributed by atoms with Crippen LogP contribution in [0.25, 0.3) is 33.5 Å². The summed E-state index contributed by atoms with van der Waals surface area (Å²) in [5, 5.41) is 12.6. The Labute approximate surface area is 159 Å². The summed E-state index contributed by atoms with van der Waals surface area (Å²) < 4.78 is 28.9. The number of nitrogens with one attached hydrogen (secondary N) is 1. The molecule has 1 aliphatic heterocycles. The van der Waals surface area contributed by atoms with Crippen LogP contribution in [0, 0.1) is 11.2 Å². The second-order valence-corrected chi connectivity index (χ2v) is 7.62. The zero-order valence-electron chi connectivity index (χ0n) is 15.3. The van der Waals surface area contributed by atoms with Crippen molar-refractivity contribution in [3.63, 3.8) is 0 Å². The van der Waals surface area contributed by atoms with Gasteiger partial charge in [-0.25, -0.2) is 9.37 Å². The molecular weight excluding hydrogens is 362 g/mol. The van der Waals surface area contributed by atoms with Gasteiger partial charge >= 0.3 is 0 Å². The molecule has 0 spiro atoms. The summed E-state index contributed by atoms with van der Waals surface area (Å²) in [6, 6.07) is 4.91. The summed E-state index contributed by atoms with van der Waals surface area (Å²) in [5.74, 6) is -0.402. The molecule has 0 aromatic carbocycles. The standard InChI is InChI=1S/C20H18F2N6/c1-20(10-21)6-4-16-17(13-5-7-23-19-14(13)9-25-26-19)18(27-28(16)11-20)15-3-2-12(22)8-24-15/h2-3,5,7-9H,4,6,10-11H2,1H3,(H,23,25,26)/t20-/m0/s1. The van der Waals surface area contributed by atoms with Crippen molar-refractivity contribution in [1.82, 2.24) is 29.9 Å². The second-order valence-electron chi connectivity index (χ2n) is 7.62. The average molecular weight is 380 g/mol. The van der Waals surface area contributed by atoms with Crippen molar-refractivity contribution in [1.29, 1.82) is 0 Å². The van der Waals surface area contributed by atoms with E-state index in [-0.39, 0.29) is 0 Å². The Balaban J connectivity index is 1.77. The maximum atomic E-state index is 13.6. The Bertz CT molecular complexity index is 1160. The first-order chi connectivity index (χ1) is 13.6. The predicted octanol–water partition coefficient (Wildman–Crippen LogP) is 3.94. The van der Waals surface area contributed by atoms with Crippen LogP contribution in [-0.2, 0) is 13.0 Å². The Kier molecular flexibility index (Phi) is 3.75. The molecule has 0 aliphatic carbocycles. The second kappa shape index (κ2) is 6.19. The van der Waals surface area contributed by atoms with Gasteiger partial charge in [0.25, 0.3) is 0 Å². The molecule has 6 nitrogen and oxygen atoms in total. The number of halogens is 2. The molecule has 0 unspecified atom stereocenters. The third-order valence-corrected chi connectivity index (χ3v) is 5.47. The Hall–Kier alpha value is -3.16. The van der Waals surface area contributed by atoms with Crippen LogP contribution in [0.4, 0.5) is 8.78 Å². The summed E-state index contributed by atoms with van der Waals surface area (Å²) in [7, 11) is 0. The van der Waals surface area contributed by atoms with E-state index in [1.165, 1.54) is 12.3 Å². The summed E-state index contributed by atoms with van der Waals surface area (Å²) >= 11 is 0. The lowest BCUT2D eigenvalue weighted by Gasteiger charge is -2.31. The number of pyridine rings is 2. The third-order valence-electron chi connectivity index (χ3n) is 5.47. The quantitative estimate of drug-likeness (QED) is 0.584. The van der Waals surface area contributed by atoms with E-state index < -0.39 is 17.9 Å². The molecule has 28 heavy (non-hydrogen) atoms. The van der Waals surface area contributed by atoms with Crippen LogP contribution in [0.15, 0.2) is 36.8 Å². The van der Waals surface area contributed by atoms with Gasteiger partial charge < -0.3 is 0 Å². The van der Waals surface area contributed by atoms with Gasteiger partial charge in [-0.1, -0.05) is 6.92 Å². The monoisotopic (exact) mass is 380 g/mol. The molecule has 0 bridgehead atoms. The molecule has 0 fully saturated rings. The number of fused-ring (bicyclic) bond motifs is 2. The van der Waals surface area contributed by atoms with Gasteiger partial charge in [-0.2, -0.15) is 10.2 Å². The number of aromatic amines is 1. The first-order valence-electron chi connectivity index (χ1n) is 9.14. The average Bonchev–Trinajstić information content (AvgIpc) is 3.32. The number of rotatable bonds is 3. The molecule has 1 N–H and O–H groups in total. The molecule has 8 heteroatoms. The van der Waals surface area contributed by atoms with Gasteiger partial charge in [0, 0.05) is 34.8 Å². The fraction of sp³-hybridized carbons (Fsp3) is 0.300. The van der Waals surface area contributed by atoms with E-state index in [2.05, 4.69) is 20.2 Å². The lowest BCUT2D eigenvalue weighted by Crippen LogP contribution is -2.32. The molecule has 0 saturated carbocycles. The summed E-state index contributed by atoms with van der Waals surface area (Å²) in [4.78, 5) is 8.55. The molecule has 4 aromatic heterocycles. The minimum atomic E-state index is -0.438. The summed E-state index contributed by atoms with van der Waals surface area (Å²) in [6.45, 7) is 2.04. The molecule has 4 aromatic rings. The van der Waals surface area contributed by atoms with Crippen molar-refractivity contribution in [2.24, 2.45) is 5.41 Å². The fourth-order valence-electron chi connectivity index (χ4n) is 3.90. The highest BCUT2D eigenvalue weighted by Crippen LogP contribution is 2.42. The van der Waals surface area contributed by atoms with Crippen molar-refractivity contribution >= 4 is 11.0 Å². The number of alkyl halides is 1. The Morgan fingerprint density at radius 1 is 1.21 bits per heavy atom. The first-order valence-corrected chi connectivity index (χ1v) is 9.14. The highest BCUT2D eigenvalue weighted by atomic mass is 19.1. The minimum absolute atomic E-state index is 0.396. The lowest BCUT2D eigenvalue weighted by atomic mass is 9.82. The van der Waals surface area contributed by atoms with Crippen molar-refractivity contribution in [2.45, 2.75) is 26.3 Å². The maximum absolute atomic E-state index is 13.6. The lowest BCUT2D eigenvalue weighted by molar-refractivity contribution is 0.155. The van der Waals surface area contributed by atoms with Gasteiger partial charge in [-0.05, 0) is 36.6 Å². The minimum Gasteiger partial charge on any atom is -0.268 e. The number of hydrogen-bond donors (Lipinski definition) is 1. The third kappa shape index (κ3) is 2.59. The molecule has 0 amide bonds. The SMILES string of the molecule is C[C@@]1(CF)CCc2c(-c3ccnc4[nH]ncc34)c(-c3ccc(F)cn3)nn2C1. The van der Waals surface area contributed by atoms with Gasteiger partial charge in [0.1, 0.15) is 11.5 Å². The normalized spacial score (nSPS) is 19.1. The fourth-order valence-corrected chi connectivity index (χ4v) is 3.90. The van der Waals surface area contributed by atoms with Gasteiger partial charge in [-0.3, -0.25) is 19.2 Å². The van der Waals surface area contributed by atoms with Gasteiger partial charge in [-0.15, -0.1) is 0 Å². The van der Waals surface area contributed by atoms with E-state index in [1.807, 2.05) is 17.7 Å². The molecule has 142 valence electrons. The Morgan fingerprint density at radius 3 is 2.89 bits per heavy atom. The maximum Gasteiger partial charge on any atom is 0.155 e. The smallest absolute Gasteiger partial charge is 0.155 e. The van der Waals surface area contributed by atoms with Crippen LogP contribution in [-0.4, -0.2) is 36.6 Å². The number of H-pyrrole nitrogens is 1. The molecule has 1 aliphatic rings. The van der Waals surface area contributed by atoms with Crippen LogP contribution in [0.2, 0.25) is 0 Å². The highest BCUT2D eigenvalue weighted by Gasteiger charge is 2.34. The highest BCUT2D eigenvalue weighted by molar-refractivity contribution is 5.97. The van der Waals surface area contributed by atoms with Crippen molar-refractivity contribution in [2.75, 3.05) is 6.67 Å². The predicted molar refractivity (Wildman–Crippen MR) is 101 cm³/mol. The van der Waals surface area contributed by atoms with Crippen LogP contribution < -0.4 is 0 Å². The number of nitrogens with zero attached hydrogens (tertiary/aromatic N) is 5. The van der Waals surface area contributed by atoms with E-state index in [4.69, 9.17) is 5.10 Å². The molecule has 1 atom stereocenters. The summed E-state index contributed by atoms with van der Waals surface area (Å²) in [5.41, 5.74) is 4.37. The van der Waals surface area contributed by atoms with Crippen LogP contribution in [0.1, 0.15) is 19.0 Å². The van der Waals surface area contributed by atoms with Crippen LogP contribution in [0.3, 0.4) is 0 Å². The van der Waals surface area contributed by atoms with Crippen molar-refractivity contribution in [3.8, 4) is 22.5 Å². The largest absolute Gasteiger partial charge is 0.268 e. The zero-order valence-corrected chi connectivity index (χ0v) is 15.3. The Morgan fingerprint density at radius 2 is 2.11 bits per heavy atom. The van der Waals surface area contributed by atoms with Gasteiger partial charge in [0.2, 0.25) is 0 Å². The molecule has 0 radical (unpaired) electrons. The first kappa shape index (κ1) is 17.0. The van der Waals surface area contributed by atoms with E-state index >= 15 is 0 Å². The molecule has 5 rings (SSSR count). The van der Waals surface area contributed by atoms with Crippen molar-refractivity contribution in [3.05, 3.63) is 48.3 Å². The molecule has 5 heterocycles.